The van der Waals surface area contributed by atoms with Crippen molar-refractivity contribution in [3.05, 3.63) is 18.2 Å². The zero-order valence-electron chi connectivity index (χ0n) is 18.1. The highest BCUT2D eigenvalue weighted by Gasteiger charge is 2.52. The van der Waals surface area contributed by atoms with Crippen molar-refractivity contribution in [2.45, 2.75) is 84.0 Å². The Kier molecular flexibility index (Phi) is 5.49. The van der Waals surface area contributed by atoms with Crippen molar-refractivity contribution in [1.29, 1.82) is 0 Å². The molecule has 0 bridgehead atoms. The maximum absolute atomic E-state index is 12.4. The molecule has 8 heteroatoms. The molecule has 154 valence electrons. The van der Waals surface area contributed by atoms with Gasteiger partial charge < -0.3 is 18.9 Å². The van der Waals surface area contributed by atoms with Gasteiger partial charge in [0.1, 0.15) is 11.4 Å². The fourth-order valence-electron chi connectivity index (χ4n) is 3.34. The molecule has 2 fully saturated rings. The first-order valence-electron chi connectivity index (χ1n) is 10.0. The molecule has 2 aliphatic heterocycles. The van der Waals surface area contributed by atoms with Crippen LogP contribution in [0.4, 0.5) is 4.79 Å². The van der Waals surface area contributed by atoms with E-state index in [0.717, 1.165) is 24.1 Å². The molecule has 7 nitrogen and oxygen atoms in total. The van der Waals surface area contributed by atoms with Crippen LogP contribution in [0.2, 0.25) is 0 Å². The van der Waals surface area contributed by atoms with Gasteiger partial charge in [-0.1, -0.05) is 0 Å². The number of carbonyl (C=O) groups is 1. The van der Waals surface area contributed by atoms with Crippen LogP contribution in [-0.4, -0.2) is 58.0 Å². The summed E-state index contributed by atoms with van der Waals surface area (Å²) in [7, 11) is -0.469. The number of aromatic nitrogens is 2. The van der Waals surface area contributed by atoms with Crippen LogP contribution < -0.4 is 5.46 Å². The number of hydrogen-bond acceptors (Lipinski definition) is 6. The second kappa shape index (κ2) is 7.30. The van der Waals surface area contributed by atoms with Gasteiger partial charge >= 0.3 is 13.2 Å². The van der Waals surface area contributed by atoms with Crippen LogP contribution in [0.1, 0.15) is 73.1 Å². The predicted molar refractivity (Wildman–Crippen MR) is 108 cm³/mol. The minimum absolute atomic E-state index is 0.105. The molecule has 1 aromatic rings. The van der Waals surface area contributed by atoms with Gasteiger partial charge in [0, 0.05) is 36.9 Å². The summed E-state index contributed by atoms with van der Waals surface area (Å²) in [6.45, 7) is 15.0. The van der Waals surface area contributed by atoms with E-state index in [1.54, 1.807) is 17.3 Å². The Morgan fingerprint density at radius 2 is 1.75 bits per heavy atom. The van der Waals surface area contributed by atoms with Crippen molar-refractivity contribution >= 4 is 18.7 Å². The molecule has 3 rings (SSSR count). The van der Waals surface area contributed by atoms with E-state index in [0.29, 0.717) is 13.1 Å². The Morgan fingerprint density at radius 1 is 1.18 bits per heavy atom. The maximum Gasteiger partial charge on any atom is 0.498 e. The van der Waals surface area contributed by atoms with Crippen LogP contribution in [0, 0.1) is 0 Å². The van der Waals surface area contributed by atoms with E-state index in [-0.39, 0.29) is 12.0 Å². The fourth-order valence-corrected chi connectivity index (χ4v) is 3.34. The second-order valence-electron chi connectivity index (χ2n) is 9.73. The molecule has 1 amide bonds. The number of rotatable bonds is 2. The summed E-state index contributed by atoms with van der Waals surface area (Å²) < 4.78 is 17.6. The van der Waals surface area contributed by atoms with E-state index in [9.17, 15) is 4.79 Å². The van der Waals surface area contributed by atoms with E-state index in [4.69, 9.17) is 14.0 Å². The number of piperidine rings is 1. The highest BCUT2D eigenvalue weighted by atomic mass is 16.7. The van der Waals surface area contributed by atoms with Crippen molar-refractivity contribution < 1.29 is 18.8 Å². The van der Waals surface area contributed by atoms with Crippen molar-refractivity contribution in [3.63, 3.8) is 0 Å². The van der Waals surface area contributed by atoms with Crippen LogP contribution in [0.25, 0.3) is 0 Å². The molecule has 0 radical (unpaired) electrons. The predicted octanol–water partition coefficient (Wildman–Crippen LogP) is 2.89. The average Bonchev–Trinajstić information content (AvgIpc) is 2.81. The zero-order valence-corrected chi connectivity index (χ0v) is 18.1. The fraction of sp³-hybridized carbons (Fsp3) is 0.750. The number of ether oxygens (including phenoxy) is 1. The van der Waals surface area contributed by atoms with Gasteiger partial charge in [-0.05, 0) is 61.3 Å². The number of amides is 1. The Hall–Kier alpha value is -1.67. The SMILES string of the molecule is CC(C)(C)OC(=O)N1CCCC(c2ncc(B3OC(C)(C)C(C)(C)O3)cn2)C1. The van der Waals surface area contributed by atoms with Crippen LogP contribution >= 0.6 is 0 Å². The van der Waals surface area contributed by atoms with E-state index >= 15 is 0 Å². The van der Waals surface area contributed by atoms with Crippen LogP contribution in [0.5, 0.6) is 0 Å². The molecule has 0 spiro atoms. The van der Waals surface area contributed by atoms with E-state index < -0.39 is 23.9 Å². The molecule has 0 aromatic carbocycles. The van der Waals surface area contributed by atoms with Crippen molar-refractivity contribution in [3.8, 4) is 0 Å². The number of likely N-dealkylation sites (tertiary alicyclic amines) is 1. The van der Waals surface area contributed by atoms with Crippen molar-refractivity contribution in [2.75, 3.05) is 13.1 Å². The third-order valence-corrected chi connectivity index (χ3v) is 5.66. The number of nitrogens with zero attached hydrogens (tertiary/aromatic N) is 3. The topological polar surface area (TPSA) is 73.8 Å². The van der Waals surface area contributed by atoms with Gasteiger partial charge in [0.15, 0.2) is 0 Å². The molecule has 3 heterocycles. The lowest BCUT2D eigenvalue weighted by Gasteiger charge is -2.33. The largest absolute Gasteiger partial charge is 0.498 e. The van der Waals surface area contributed by atoms with Gasteiger partial charge in [0.25, 0.3) is 0 Å². The van der Waals surface area contributed by atoms with Gasteiger partial charge in [0.05, 0.1) is 11.2 Å². The Balaban J connectivity index is 1.66. The third kappa shape index (κ3) is 4.49. The first-order valence-corrected chi connectivity index (χ1v) is 10.0. The van der Waals surface area contributed by atoms with E-state index in [1.807, 2.05) is 48.5 Å². The molecule has 1 aromatic heterocycles. The highest BCUT2D eigenvalue weighted by Crippen LogP contribution is 2.36. The smallest absolute Gasteiger partial charge is 0.444 e. The summed E-state index contributed by atoms with van der Waals surface area (Å²) in [5, 5.41) is 0. The minimum Gasteiger partial charge on any atom is -0.444 e. The molecule has 2 saturated heterocycles. The number of carbonyl (C=O) groups excluding carboxylic acids is 1. The zero-order chi connectivity index (χ0) is 20.7. The molecular weight excluding hydrogens is 357 g/mol. The number of hydrogen-bond donors (Lipinski definition) is 0. The lowest BCUT2D eigenvalue weighted by Crippen LogP contribution is -2.42. The first-order chi connectivity index (χ1) is 12.9. The Morgan fingerprint density at radius 3 is 2.29 bits per heavy atom. The monoisotopic (exact) mass is 389 g/mol. The van der Waals surface area contributed by atoms with Gasteiger partial charge in [-0.3, -0.25) is 0 Å². The highest BCUT2D eigenvalue weighted by molar-refractivity contribution is 6.61. The van der Waals surface area contributed by atoms with E-state index in [1.165, 1.54) is 0 Å². The minimum atomic E-state index is -0.495. The van der Waals surface area contributed by atoms with Gasteiger partial charge in [-0.15, -0.1) is 0 Å². The molecular formula is C20H32BN3O4. The Bertz CT molecular complexity index is 699. The lowest BCUT2D eigenvalue weighted by molar-refractivity contribution is 0.00578. The molecule has 28 heavy (non-hydrogen) atoms. The summed E-state index contributed by atoms with van der Waals surface area (Å²) in [4.78, 5) is 23.2. The van der Waals surface area contributed by atoms with Gasteiger partial charge in [-0.2, -0.15) is 0 Å². The third-order valence-electron chi connectivity index (χ3n) is 5.66. The normalized spacial score (nSPS) is 24.3. The van der Waals surface area contributed by atoms with Crippen LogP contribution in [-0.2, 0) is 14.0 Å². The molecule has 1 unspecified atom stereocenters. The molecule has 1 atom stereocenters. The Labute approximate surface area is 168 Å². The molecule has 0 saturated carbocycles. The average molecular weight is 389 g/mol. The lowest BCUT2D eigenvalue weighted by atomic mass is 9.81. The van der Waals surface area contributed by atoms with Gasteiger partial charge in [0.2, 0.25) is 0 Å². The summed E-state index contributed by atoms with van der Waals surface area (Å²) in [5.41, 5.74) is -0.478. The summed E-state index contributed by atoms with van der Waals surface area (Å²) >= 11 is 0. The molecule has 0 N–H and O–H groups in total. The van der Waals surface area contributed by atoms with Crippen molar-refractivity contribution in [1.82, 2.24) is 14.9 Å². The second-order valence-corrected chi connectivity index (χ2v) is 9.73. The van der Waals surface area contributed by atoms with Crippen LogP contribution in [0.15, 0.2) is 12.4 Å². The molecule has 0 aliphatic carbocycles. The summed E-state index contributed by atoms with van der Waals surface area (Å²) in [5.74, 6) is 0.849. The summed E-state index contributed by atoms with van der Waals surface area (Å²) in [6.07, 6.45) is 5.14. The maximum atomic E-state index is 12.4. The quantitative estimate of drug-likeness (QED) is 0.725. The first kappa shape index (κ1) is 21.1. The molecule has 2 aliphatic rings. The van der Waals surface area contributed by atoms with Crippen molar-refractivity contribution in [2.24, 2.45) is 0 Å². The standard InChI is InChI=1S/C20H32BN3O4/c1-18(2,3)26-17(25)24-10-8-9-14(13-24)16-22-11-15(12-23-16)21-27-19(4,5)20(6,7)28-21/h11-12,14H,8-10,13H2,1-7H3. The van der Waals surface area contributed by atoms with Crippen LogP contribution in [0.3, 0.4) is 0 Å². The summed E-state index contributed by atoms with van der Waals surface area (Å²) in [6, 6.07) is 0. The van der Waals surface area contributed by atoms with E-state index in [2.05, 4.69) is 9.97 Å². The van der Waals surface area contributed by atoms with Gasteiger partial charge in [-0.25, -0.2) is 14.8 Å².